The Morgan fingerprint density at radius 3 is 2.67 bits per heavy atom. The molecule has 1 aliphatic heterocycles. The number of hydrogen-bond acceptors (Lipinski definition) is 4. The topological polar surface area (TPSA) is 83.4 Å². The van der Waals surface area contributed by atoms with Crippen LogP contribution >= 0.6 is 0 Å². The molecule has 0 saturated carbocycles. The fourth-order valence-electron chi connectivity index (χ4n) is 3.50. The van der Waals surface area contributed by atoms with Crippen LogP contribution in [-0.4, -0.2) is 30.8 Å². The van der Waals surface area contributed by atoms with Gasteiger partial charge in [-0.05, 0) is 49.2 Å². The highest BCUT2D eigenvalue weighted by Gasteiger charge is 2.32. The fraction of sp³-hybridized carbons (Fsp3) is 0.250. The zero-order valence-corrected chi connectivity index (χ0v) is 15.5. The van der Waals surface area contributed by atoms with E-state index in [1.807, 2.05) is 18.3 Å². The van der Waals surface area contributed by atoms with Crippen molar-refractivity contribution in [2.24, 2.45) is 0 Å². The second-order valence-electron chi connectivity index (χ2n) is 6.62. The third-order valence-corrected chi connectivity index (χ3v) is 6.46. The lowest BCUT2D eigenvalue weighted by Gasteiger charge is -2.22. The van der Waals surface area contributed by atoms with Gasteiger partial charge in [0.1, 0.15) is 11.5 Å². The number of amides is 1. The highest BCUT2D eigenvalue weighted by molar-refractivity contribution is 7.90. The fourth-order valence-corrected chi connectivity index (χ4v) is 4.76. The largest absolute Gasteiger partial charge is 0.455 e. The molecular formula is C20H20N2O4S. The van der Waals surface area contributed by atoms with Crippen LogP contribution in [0.2, 0.25) is 0 Å². The molecule has 1 unspecified atom stereocenters. The second kappa shape index (κ2) is 7.08. The molecule has 4 rings (SSSR count). The lowest BCUT2D eigenvalue weighted by molar-refractivity contribution is 0.0699. The number of likely N-dealkylation sites (tertiary alicyclic amines) is 1. The molecule has 6 nitrogen and oxygen atoms in total. The second-order valence-corrected chi connectivity index (χ2v) is 8.61. The molecule has 7 heteroatoms. The van der Waals surface area contributed by atoms with Crippen LogP contribution in [0.4, 0.5) is 0 Å². The SMILES string of the molecule is O=C(c1ccc(CS(=O)(=O)c2ccccc2)o1)N1CCCC1c1ccc[nH]1. The molecule has 1 N–H and O–H groups in total. The molecule has 0 aliphatic carbocycles. The Bertz CT molecular complexity index is 1020. The number of aromatic nitrogens is 1. The van der Waals surface area contributed by atoms with Crippen LogP contribution in [-0.2, 0) is 15.6 Å². The maximum atomic E-state index is 12.9. The minimum Gasteiger partial charge on any atom is -0.455 e. The maximum Gasteiger partial charge on any atom is 0.290 e. The minimum absolute atomic E-state index is 0.00546. The molecule has 140 valence electrons. The number of hydrogen-bond donors (Lipinski definition) is 1. The van der Waals surface area contributed by atoms with Gasteiger partial charge < -0.3 is 14.3 Å². The molecule has 2 aromatic heterocycles. The zero-order chi connectivity index (χ0) is 18.9. The quantitative estimate of drug-likeness (QED) is 0.729. The van der Waals surface area contributed by atoms with E-state index in [0.717, 1.165) is 18.5 Å². The van der Waals surface area contributed by atoms with E-state index in [1.54, 1.807) is 47.4 Å². The van der Waals surface area contributed by atoms with Gasteiger partial charge in [-0.3, -0.25) is 4.79 Å². The maximum absolute atomic E-state index is 12.9. The van der Waals surface area contributed by atoms with Gasteiger partial charge in [-0.15, -0.1) is 0 Å². The van der Waals surface area contributed by atoms with Crippen molar-refractivity contribution in [2.75, 3.05) is 6.54 Å². The van der Waals surface area contributed by atoms with Gasteiger partial charge in [0.15, 0.2) is 15.6 Å². The molecular weight excluding hydrogens is 364 g/mol. The van der Waals surface area contributed by atoms with E-state index < -0.39 is 9.84 Å². The Morgan fingerprint density at radius 1 is 1.11 bits per heavy atom. The summed E-state index contributed by atoms with van der Waals surface area (Å²) in [6.45, 7) is 0.654. The number of benzene rings is 1. The van der Waals surface area contributed by atoms with E-state index in [2.05, 4.69) is 4.98 Å². The summed E-state index contributed by atoms with van der Waals surface area (Å²) >= 11 is 0. The summed E-state index contributed by atoms with van der Waals surface area (Å²) in [4.78, 5) is 18.1. The molecule has 27 heavy (non-hydrogen) atoms. The van der Waals surface area contributed by atoms with Crippen molar-refractivity contribution < 1.29 is 17.6 Å². The first kappa shape index (κ1) is 17.6. The van der Waals surface area contributed by atoms with Crippen LogP contribution in [0.25, 0.3) is 0 Å². The monoisotopic (exact) mass is 384 g/mol. The number of rotatable bonds is 5. The van der Waals surface area contributed by atoms with E-state index in [-0.39, 0.29) is 34.1 Å². The zero-order valence-electron chi connectivity index (χ0n) is 14.7. The average Bonchev–Trinajstić information content (AvgIpc) is 3.42. The van der Waals surface area contributed by atoms with Crippen molar-refractivity contribution in [3.63, 3.8) is 0 Å². The van der Waals surface area contributed by atoms with E-state index >= 15 is 0 Å². The Balaban J connectivity index is 1.52. The first-order valence-corrected chi connectivity index (χ1v) is 10.5. The normalized spacial score (nSPS) is 17.3. The van der Waals surface area contributed by atoms with E-state index in [1.165, 1.54) is 0 Å². The Kier molecular flexibility index (Phi) is 4.61. The number of furan rings is 1. The summed E-state index contributed by atoms with van der Waals surface area (Å²) in [5, 5.41) is 0. The molecule has 0 spiro atoms. The molecule has 3 heterocycles. The first-order valence-electron chi connectivity index (χ1n) is 8.85. The van der Waals surface area contributed by atoms with Crippen molar-refractivity contribution in [3.05, 3.63) is 78.0 Å². The number of sulfone groups is 1. The molecule has 1 amide bonds. The third kappa shape index (κ3) is 3.55. The van der Waals surface area contributed by atoms with Crippen LogP contribution in [0.3, 0.4) is 0 Å². The highest BCUT2D eigenvalue weighted by atomic mass is 32.2. The summed E-state index contributed by atoms with van der Waals surface area (Å²) in [6, 6.07) is 15.2. The highest BCUT2D eigenvalue weighted by Crippen LogP contribution is 2.32. The molecule has 3 aromatic rings. The van der Waals surface area contributed by atoms with Crippen molar-refractivity contribution in [1.29, 1.82) is 0 Å². The Morgan fingerprint density at radius 2 is 1.93 bits per heavy atom. The van der Waals surface area contributed by atoms with Gasteiger partial charge in [-0.2, -0.15) is 0 Å². The van der Waals surface area contributed by atoms with Gasteiger partial charge in [0.05, 0.1) is 10.9 Å². The van der Waals surface area contributed by atoms with Crippen LogP contribution < -0.4 is 0 Å². The van der Waals surface area contributed by atoms with Crippen LogP contribution in [0.1, 0.15) is 40.9 Å². The van der Waals surface area contributed by atoms with Crippen molar-refractivity contribution in [3.8, 4) is 0 Å². The standard InChI is InChI=1S/C20H20N2O4S/c23-20(22-13-5-9-18(22)17-8-4-12-21-17)19-11-10-15(26-19)14-27(24,25)16-6-2-1-3-7-16/h1-4,6-8,10-12,18,21H,5,9,13-14H2. The van der Waals surface area contributed by atoms with Gasteiger partial charge in [-0.1, -0.05) is 18.2 Å². The summed E-state index contributed by atoms with van der Waals surface area (Å²) in [7, 11) is -3.51. The van der Waals surface area contributed by atoms with Gasteiger partial charge in [0.25, 0.3) is 5.91 Å². The predicted octanol–water partition coefficient (Wildman–Crippen LogP) is 3.56. The van der Waals surface area contributed by atoms with Crippen LogP contribution in [0.15, 0.2) is 70.1 Å². The molecule has 1 atom stereocenters. The number of H-pyrrole nitrogens is 1. The first-order chi connectivity index (χ1) is 13.0. The van der Waals surface area contributed by atoms with Crippen molar-refractivity contribution in [1.82, 2.24) is 9.88 Å². The van der Waals surface area contributed by atoms with Crippen LogP contribution in [0.5, 0.6) is 0 Å². The van der Waals surface area contributed by atoms with Gasteiger partial charge in [0.2, 0.25) is 0 Å². The summed E-state index contributed by atoms with van der Waals surface area (Å²) in [5.74, 6) is -0.0512. The number of nitrogens with one attached hydrogen (secondary N) is 1. The average molecular weight is 384 g/mol. The number of carbonyl (C=O) groups excluding carboxylic acids is 1. The van der Waals surface area contributed by atoms with E-state index in [9.17, 15) is 13.2 Å². The molecule has 1 saturated heterocycles. The number of aromatic amines is 1. The minimum atomic E-state index is -3.51. The lowest BCUT2D eigenvalue weighted by Crippen LogP contribution is -2.30. The van der Waals surface area contributed by atoms with Gasteiger partial charge >= 0.3 is 0 Å². The summed E-state index contributed by atoms with van der Waals surface area (Å²) in [6.07, 6.45) is 3.66. The van der Waals surface area contributed by atoms with Gasteiger partial charge in [0, 0.05) is 18.4 Å². The summed E-state index contributed by atoms with van der Waals surface area (Å²) < 4.78 is 30.6. The Hall–Kier alpha value is -2.80. The lowest BCUT2D eigenvalue weighted by atomic mass is 10.1. The van der Waals surface area contributed by atoms with Crippen LogP contribution in [0, 0.1) is 0 Å². The smallest absolute Gasteiger partial charge is 0.290 e. The van der Waals surface area contributed by atoms with Gasteiger partial charge in [-0.25, -0.2) is 8.42 Å². The van der Waals surface area contributed by atoms with E-state index in [4.69, 9.17) is 4.42 Å². The molecule has 1 aliphatic rings. The molecule has 1 fully saturated rings. The van der Waals surface area contributed by atoms with E-state index in [0.29, 0.717) is 6.54 Å². The molecule has 1 aromatic carbocycles. The Labute approximate surface area is 157 Å². The van der Waals surface area contributed by atoms with Crippen molar-refractivity contribution >= 4 is 15.7 Å². The van der Waals surface area contributed by atoms with Crippen molar-refractivity contribution in [2.45, 2.75) is 29.5 Å². The number of nitrogens with zero attached hydrogens (tertiary/aromatic N) is 1. The molecule has 0 radical (unpaired) electrons. The third-order valence-electron chi connectivity index (χ3n) is 4.80. The summed E-state index contributed by atoms with van der Waals surface area (Å²) in [5.41, 5.74) is 0.999. The molecule has 0 bridgehead atoms. The number of carbonyl (C=O) groups is 1. The predicted molar refractivity (Wildman–Crippen MR) is 99.8 cm³/mol.